The Morgan fingerprint density at radius 3 is 2.86 bits per heavy atom. The highest BCUT2D eigenvalue weighted by atomic mass is 16.3. The molecule has 80 valence electrons. The summed E-state index contributed by atoms with van der Waals surface area (Å²) >= 11 is 0. The van der Waals surface area contributed by atoms with Crippen molar-refractivity contribution in [1.82, 2.24) is 15.1 Å². The van der Waals surface area contributed by atoms with E-state index in [4.69, 9.17) is 0 Å². The molecular weight excluding hydrogens is 178 g/mol. The van der Waals surface area contributed by atoms with E-state index in [9.17, 15) is 5.11 Å². The maximum Gasteiger partial charge on any atom is 0.0799 e. The van der Waals surface area contributed by atoms with Gasteiger partial charge < -0.3 is 10.4 Å². The van der Waals surface area contributed by atoms with Crippen molar-refractivity contribution in [2.45, 2.75) is 25.9 Å². The van der Waals surface area contributed by atoms with Crippen molar-refractivity contribution < 1.29 is 5.11 Å². The van der Waals surface area contributed by atoms with Crippen LogP contribution in [0, 0.1) is 0 Å². The predicted molar refractivity (Wildman–Crippen MR) is 56.1 cm³/mol. The summed E-state index contributed by atoms with van der Waals surface area (Å²) in [6, 6.07) is 1.93. The topological polar surface area (TPSA) is 50.1 Å². The number of hydrogen-bond acceptors (Lipinski definition) is 3. The number of likely N-dealkylation sites (N-methyl/N-ethyl adjacent to an activating group) is 1. The van der Waals surface area contributed by atoms with Crippen LogP contribution in [0.1, 0.15) is 19.5 Å². The van der Waals surface area contributed by atoms with E-state index in [2.05, 4.69) is 10.4 Å². The standard InChI is InChI=1S/C10H19N3O/c1-4-11-8-10(2,14)7-9-5-6-13(3)12-9/h5-6,11,14H,4,7-8H2,1-3H3. The summed E-state index contributed by atoms with van der Waals surface area (Å²) in [6.45, 7) is 5.32. The molecule has 14 heavy (non-hydrogen) atoms. The summed E-state index contributed by atoms with van der Waals surface area (Å²) in [4.78, 5) is 0. The van der Waals surface area contributed by atoms with Crippen LogP contribution >= 0.6 is 0 Å². The first-order valence-corrected chi connectivity index (χ1v) is 4.95. The number of rotatable bonds is 5. The number of nitrogens with zero attached hydrogens (tertiary/aromatic N) is 2. The molecule has 0 radical (unpaired) electrons. The Morgan fingerprint density at radius 2 is 2.36 bits per heavy atom. The number of aliphatic hydroxyl groups is 1. The lowest BCUT2D eigenvalue weighted by Gasteiger charge is -2.22. The summed E-state index contributed by atoms with van der Waals surface area (Å²) in [5.41, 5.74) is 0.208. The van der Waals surface area contributed by atoms with Gasteiger partial charge in [0, 0.05) is 26.2 Å². The van der Waals surface area contributed by atoms with Crippen molar-refractivity contribution in [2.24, 2.45) is 7.05 Å². The van der Waals surface area contributed by atoms with Gasteiger partial charge in [0.15, 0.2) is 0 Å². The van der Waals surface area contributed by atoms with Crippen molar-refractivity contribution >= 4 is 0 Å². The number of aromatic nitrogens is 2. The zero-order chi connectivity index (χ0) is 10.6. The molecule has 1 rings (SSSR count). The molecule has 0 fully saturated rings. The van der Waals surface area contributed by atoms with E-state index in [-0.39, 0.29) is 0 Å². The average molecular weight is 197 g/mol. The zero-order valence-electron chi connectivity index (χ0n) is 9.12. The molecular formula is C10H19N3O. The smallest absolute Gasteiger partial charge is 0.0799 e. The van der Waals surface area contributed by atoms with Gasteiger partial charge in [0.05, 0.1) is 11.3 Å². The molecule has 1 atom stereocenters. The van der Waals surface area contributed by atoms with Crippen molar-refractivity contribution in [1.29, 1.82) is 0 Å². The molecule has 0 amide bonds. The van der Waals surface area contributed by atoms with Crippen molar-refractivity contribution in [3.63, 3.8) is 0 Å². The largest absolute Gasteiger partial charge is 0.388 e. The van der Waals surface area contributed by atoms with E-state index in [0.29, 0.717) is 13.0 Å². The second-order valence-electron chi connectivity index (χ2n) is 3.93. The van der Waals surface area contributed by atoms with Gasteiger partial charge in [-0.25, -0.2) is 0 Å². The Balaban J connectivity index is 2.49. The predicted octanol–water partition coefficient (Wildman–Crippen LogP) is 0.323. The maximum absolute atomic E-state index is 10.00. The Morgan fingerprint density at radius 1 is 1.64 bits per heavy atom. The second kappa shape index (κ2) is 4.57. The number of aryl methyl sites for hydroxylation is 1. The first-order chi connectivity index (χ1) is 6.53. The molecule has 0 aliphatic carbocycles. The molecule has 2 N–H and O–H groups in total. The van der Waals surface area contributed by atoms with Crippen LogP contribution in [0.5, 0.6) is 0 Å². The third kappa shape index (κ3) is 3.47. The van der Waals surface area contributed by atoms with Crippen LogP contribution in [-0.4, -0.2) is 33.6 Å². The monoisotopic (exact) mass is 197 g/mol. The van der Waals surface area contributed by atoms with E-state index in [1.807, 2.05) is 33.2 Å². The normalized spacial score (nSPS) is 15.4. The van der Waals surface area contributed by atoms with Gasteiger partial charge in [0.2, 0.25) is 0 Å². The van der Waals surface area contributed by atoms with Crippen LogP contribution in [0.25, 0.3) is 0 Å². The highest BCUT2D eigenvalue weighted by molar-refractivity contribution is 5.03. The Kier molecular flexibility index (Phi) is 3.66. The average Bonchev–Trinajstić information content (AvgIpc) is 2.47. The van der Waals surface area contributed by atoms with Crippen molar-refractivity contribution in [3.05, 3.63) is 18.0 Å². The summed E-state index contributed by atoms with van der Waals surface area (Å²) in [5, 5.41) is 17.4. The van der Waals surface area contributed by atoms with Crippen molar-refractivity contribution in [3.8, 4) is 0 Å². The Hall–Kier alpha value is -0.870. The maximum atomic E-state index is 10.00. The first kappa shape index (κ1) is 11.2. The first-order valence-electron chi connectivity index (χ1n) is 4.95. The lowest BCUT2D eigenvalue weighted by Crippen LogP contribution is -2.39. The third-order valence-corrected chi connectivity index (χ3v) is 2.09. The molecule has 1 unspecified atom stereocenters. The summed E-state index contributed by atoms with van der Waals surface area (Å²) < 4.78 is 1.75. The third-order valence-electron chi connectivity index (χ3n) is 2.09. The molecule has 0 aliphatic rings. The molecule has 4 heteroatoms. The fourth-order valence-corrected chi connectivity index (χ4v) is 1.40. The van der Waals surface area contributed by atoms with Gasteiger partial charge in [0.25, 0.3) is 0 Å². The minimum Gasteiger partial charge on any atom is -0.388 e. The molecule has 0 bridgehead atoms. The second-order valence-corrected chi connectivity index (χ2v) is 3.93. The van der Waals surface area contributed by atoms with Gasteiger partial charge in [-0.05, 0) is 19.5 Å². The summed E-state index contributed by atoms with van der Waals surface area (Å²) in [7, 11) is 1.88. The van der Waals surface area contributed by atoms with E-state index >= 15 is 0 Å². The highest BCUT2D eigenvalue weighted by Gasteiger charge is 2.21. The Labute approximate surface area is 84.9 Å². The van der Waals surface area contributed by atoms with Gasteiger partial charge in [-0.15, -0.1) is 0 Å². The van der Waals surface area contributed by atoms with Crippen molar-refractivity contribution in [2.75, 3.05) is 13.1 Å². The minimum atomic E-state index is -0.718. The van der Waals surface area contributed by atoms with Crippen LogP contribution in [0.3, 0.4) is 0 Å². The molecule has 1 aromatic rings. The van der Waals surface area contributed by atoms with Crippen LogP contribution in [0.4, 0.5) is 0 Å². The summed E-state index contributed by atoms with van der Waals surface area (Å²) in [5.74, 6) is 0. The molecule has 0 spiro atoms. The minimum absolute atomic E-state index is 0.584. The molecule has 1 aromatic heterocycles. The summed E-state index contributed by atoms with van der Waals surface area (Å²) in [6.07, 6.45) is 2.47. The van der Waals surface area contributed by atoms with E-state index in [1.54, 1.807) is 4.68 Å². The number of hydrogen-bond donors (Lipinski definition) is 2. The molecule has 0 aliphatic heterocycles. The molecule has 4 nitrogen and oxygen atoms in total. The SMILES string of the molecule is CCNCC(C)(O)Cc1ccn(C)n1. The fourth-order valence-electron chi connectivity index (χ4n) is 1.40. The molecule has 0 saturated heterocycles. The zero-order valence-corrected chi connectivity index (χ0v) is 9.12. The lowest BCUT2D eigenvalue weighted by atomic mass is 10.0. The molecule has 0 aromatic carbocycles. The van der Waals surface area contributed by atoms with Gasteiger partial charge in [-0.2, -0.15) is 5.10 Å². The van der Waals surface area contributed by atoms with Crippen LogP contribution in [-0.2, 0) is 13.5 Å². The number of nitrogens with one attached hydrogen (secondary N) is 1. The Bertz CT molecular complexity index is 281. The van der Waals surface area contributed by atoms with Crippen LogP contribution in [0.2, 0.25) is 0 Å². The van der Waals surface area contributed by atoms with Gasteiger partial charge >= 0.3 is 0 Å². The fraction of sp³-hybridized carbons (Fsp3) is 0.700. The molecule has 0 saturated carbocycles. The van der Waals surface area contributed by atoms with Gasteiger partial charge in [-0.3, -0.25) is 4.68 Å². The van der Waals surface area contributed by atoms with Gasteiger partial charge in [0.1, 0.15) is 0 Å². The van der Waals surface area contributed by atoms with Crippen LogP contribution in [0.15, 0.2) is 12.3 Å². The highest BCUT2D eigenvalue weighted by Crippen LogP contribution is 2.10. The van der Waals surface area contributed by atoms with Crippen LogP contribution < -0.4 is 5.32 Å². The van der Waals surface area contributed by atoms with E-state index in [0.717, 1.165) is 12.2 Å². The van der Waals surface area contributed by atoms with E-state index in [1.165, 1.54) is 0 Å². The molecule has 1 heterocycles. The van der Waals surface area contributed by atoms with Gasteiger partial charge in [-0.1, -0.05) is 6.92 Å². The quantitative estimate of drug-likeness (QED) is 0.715. The lowest BCUT2D eigenvalue weighted by molar-refractivity contribution is 0.0596. The van der Waals surface area contributed by atoms with E-state index < -0.39 is 5.60 Å².